The van der Waals surface area contributed by atoms with Crippen LogP contribution in [-0.4, -0.2) is 0 Å². The van der Waals surface area contributed by atoms with Gasteiger partial charge in [0.1, 0.15) is 11.5 Å². The first kappa shape index (κ1) is 33.0. The molecule has 0 aromatic heterocycles. The molecule has 0 amide bonds. The summed E-state index contributed by atoms with van der Waals surface area (Å²) in [6, 6.07) is 73.5. The van der Waals surface area contributed by atoms with E-state index >= 15 is 0 Å². The average Bonchev–Trinajstić information content (AvgIpc) is 3.70. The lowest BCUT2D eigenvalue weighted by atomic mass is 9.65. The highest BCUT2D eigenvalue weighted by atomic mass is 16.5. The third-order valence-electron chi connectivity index (χ3n) is 13.1. The lowest BCUT2D eigenvalue weighted by Crippen LogP contribution is -2.32. The van der Waals surface area contributed by atoms with E-state index in [9.17, 15) is 0 Å². The summed E-state index contributed by atoms with van der Waals surface area (Å²) in [5.41, 5.74) is 18.1. The van der Waals surface area contributed by atoms with Crippen molar-refractivity contribution in [2.75, 3.05) is 4.90 Å². The third kappa shape index (κ3) is 4.43. The van der Waals surface area contributed by atoms with Gasteiger partial charge in [0.15, 0.2) is 0 Å². The Labute approximate surface area is 339 Å². The van der Waals surface area contributed by atoms with E-state index in [4.69, 9.17) is 4.74 Å². The number of anilines is 3. The summed E-state index contributed by atoms with van der Waals surface area (Å²) >= 11 is 0. The zero-order chi connectivity index (χ0) is 38.6. The molecule has 9 aromatic rings. The molecule has 2 aliphatic carbocycles. The maximum absolute atomic E-state index is 6.88. The van der Waals surface area contributed by atoms with Gasteiger partial charge >= 0.3 is 0 Å². The normalized spacial score (nSPS) is 16.1. The van der Waals surface area contributed by atoms with Gasteiger partial charge in [0.05, 0.1) is 5.41 Å². The van der Waals surface area contributed by atoms with Gasteiger partial charge in [0.2, 0.25) is 0 Å². The second kappa shape index (κ2) is 12.2. The summed E-state index contributed by atoms with van der Waals surface area (Å²) < 4.78 is 6.88. The Bertz CT molecular complexity index is 3120. The molecule has 1 atom stereocenters. The van der Waals surface area contributed by atoms with E-state index in [2.05, 4.69) is 219 Å². The number of nitrogens with zero attached hydrogens (tertiary/aromatic N) is 1. The van der Waals surface area contributed by atoms with Gasteiger partial charge in [0.25, 0.3) is 0 Å². The zero-order valence-corrected chi connectivity index (χ0v) is 32.4. The van der Waals surface area contributed by atoms with E-state index in [-0.39, 0.29) is 5.41 Å². The van der Waals surface area contributed by atoms with Gasteiger partial charge in [-0.25, -0.2) is 0 Å². The summed E-state index contributed by atoms with van der Waals surface area (Å²) in [5, 5.41) is 2.31. The van der Waals surface area contributed by atoms with Crippen molar-refractivity contribution < 1.29 is 4.74 Å². The van der Waals surface area contributed by atoms with Crippen LogP contribution in [0.25, 0.3) is 44.2 Å². The van der Waals surface area contributed by atoms with Gasteiger partial charge in [-0.05, 0) is 103 Å². The van der Waals surface area contributed by atoms with Crippen molar-refractivity contribution in [1.29, 1.82) is 0 Å². The minimum atomic E-state index is -0.540. The number of fused-ring (bicyclic) bond motifs is 14. The fourth-order valence-corrected chi connectivity index (χ4v) is 10.6. The van der Waals surface area contributed by atoms with E-state index in [1.165, 1.54) is 72.1 Å². The first-order chi connectivity index (χ1) is 28.5. The van der Waals surface area contributed by atoms with Crippen molar-refractivity contribution in [2.45, 2.75) is 24.7 Å². The van der Waals surface area contributed by atoms with Crippen molar-refractivity contribution >= 4 is 27.8 Å². The van der Waals surface area contributed by atoms with E-state index in [1.54, 1.807) is 0 Å². The summed E-state index contributed by atoms with van der Waals surface area (Å²) in [4.78, 5) is 2.39. The quantitative estimate of drug-likeness (QED) is 0.178. The first-order valence-electron chi connectivity index (χ1n) is 20.3. The van der Waals surface area contributed by atoms with Crippen LogP contribution in [0, 0.1) is 0 Å². The minimum absolute atomic E-state index is 0.0892. The highest BCUT2D eigenvalue weighted by Gasteiger charge is 2.52. The van der Waals surface area contributed by atoms with Crippen molar-refractivity contribution in [3.63, 3.8) is 0 Å². The molecule has 0 bridgehead atoms. The van der Waals surface area contributed by atoms with Gasteiger partial charge in [-0.15, -0.1) is 0 Å². The molecular formula is C56H39NO. The van der Waals surface area contributed by atoms with Crippen molar-refractivity contribution in [2.24, 2.45) is 0 Å². The van der Waals surface area contributed by atoms with Crippen molar-refractivity contribution in [3.8, 4) is 44.9 Å². The second-order valence-electron chi connectivity index (χ2n) is 16.4. The average molecular weight is 742 g/mol. The summed E-state index contributed by atoms with van der Waals surface area (Å²) in [5.74, 6) is 1.85. The van der Waals surface area contributed by atoms with E-state index < -0.39 is 5.41 Å². The molecule has 0 N–H and O–H groups in total. The molecule has 0 radical (unpaired) electrons. The Balaban J connectivity index is 1.03. The second-order valence-corrected chi connectivity index (χ2v) is 16.4. The number of rotatable bonds is 4. The molecule has 1 unspecified atom stereocenters. The lowest BCUT2D eigenvalue weighted by molar-refractivity contribution is 0.441. The Kier molecular flexibility index (Phi) is 6.93. The van der Waals surface area contributed by atoms with Crippen LogP contribution < -0.4 is 9.64 Å². The number of hydrogen-bond acceptors (Lipinski definition) is 2. The van der Waals surface area contributed by atoms with Gasteiger partial charge in [-0.1, -0.05) is 172 Å². The van der Waals surface area contributed by atoms with Crippen molar-refractivity contribution in [1.82, 2.24) is 0 Å². The number of hydrogen-bond donors (Lipinski definition) is 0. The summed E-state index contributed by atoms with van der Waals surface area (Å²) in [7, 11) is 0. The van der Waals surface area contributed by atoms with Crippen LogP contribution >= 0.6 is 0 Å². The maximum atomic E-state index is 6.88. The van der Waals surface area contributed by atoms with Gasteiger partial charge in [-0.2, -0.15) is 0 Å². The molecule has 0 saturated heterocycles. The highest BCUT2D eigenvalue weighted by molar-refractivity contribution is 5.99. The van der Waals surface area contributed by atoms with Crippen LogP contribution in [0.15, 0.2) is 200 Å². The molecule has 0 fully saturated rings. The number of para-hydroxylation sites is 2. The fraction of sp³-hybridized carbons (Fsp3) is 0.0714. The standard InChI is InChI=1S/C56H39NO/c1-55(2)46-22-10-8-19-43(46)44-33-32-40(35-51(44)55)57(38-16-4-3-5-17-38)39-30-27-37(28-31-39)41-21-14-25-49-53(41)45-20-9-11-23-47(45)56(49)48-24-12-13-26-52(48)58-54-42-18-7-6-15-36(42)29-34-50(54)56/h3-35H,1-2H3. The smallest absolute Gasteiger partial charge is 0.140 e. The Morgan fingerprint density at radius 1 is 0.397 bits per heavy atom. The lowest BCUT2D eigenvalue weighted by Gasteiger charge is -2.39. The minimum Gasteiger partial charge on any atom is -0.456 e. The Morgan fingerprint density at radius 3 is 1.86 bits per heavy atom. The first-order valence-corrected chi connectivity index (χ1v) is 20.3. The summed E-state index contributed by atoms with van der Waals surface area (Å²) in [6.45, 7) is 4.70. The van der Waals surface area contributed by atoms with E-state index in [1.807, 2.05) is 0 Å². The van der Waals surface area contributed by atoms with Crippen LogP contribution in [0.4, 0.5) is 17.1 Å². The molecule has 3 aliphatic rings. The van der Waals surface area contributed by atoms with Crippen LogP contribution in [0.1, 0.15) is 47.2 Å². The zero-order valence-electron chi connectivity index (χ0n) is 32.4. The predicted molar refractivity (Wildman–Crippen MR) is 239 cm³/mol. The predicted octanol–water partition coefficient (Wildman–Crippen LogP) is 14.8. The molecule has 2 nitrogen and oxygen atoms in total. The van der Waals surface area contributed by atoms with Gasteiger partial charge in [0, 0.05) is 39.0 Å². The monoisotopic (exact) mass is 741 g/mol. The van der Waals surface area contributed by atoms with Crippen LogP contribution in [-0.2, 0) is 10.8 Å². The van der Waals surface area contributed by atoms with Gasteiger partial charge < -0.3 is 9.64 Å². The molecule has 12 rings (SSSR count). The fourth-order valence-electron chi connectivity index (χ4n) is 10.6. The summed E-state index contributed by atoms with van der Waals surface area (Å²) in [6.07, 6.45) is 0. The third-order valence-corrected chi connectivity index (χ3v) is 13.1. The molecule has 1 spiro atoms. The molecule has 274 valence electrons. The van der Waals surface area contributed by atoms with Crippen LogP contribution in [0.5, 0.6) is 11.5 Å². The highest BCUT2D eigenvalue weighted by Crippen LogP contribution is 2.64. The van der Waals surface area contributed by atoms with Crippen LogP contribution in [0.2, 0.25) is 0 Å². The van der Waals surface area contributed by atoms with Crippen molar-refractivity contribution in [3.05, 3.63) is 234 Å². The SMILES string of the molecule is CC1(C)c2ccccc2-c2ccc(N(c3ccccc3)c3ccc(-c4cccc5c4-c4ccccc4C54c5ccccc5Oc5c4ccc4ccccc54)cc3)cc21. The number of benzene rings is 9. The maximum Gasteiger partial charge on any atom is 0.140 e. The molecule has 2 heteroatoms. The largest absolute Gasteiger partial charge is 0.456 e. The topological polar surface area (TPSA) is 12.5 Å². The molecule has 1 aliphatic heterocycles. The molecule has 1 heterocycles. The molecule has 9 aromatic carbocycles. The Hall–Kier alpha value is -7.16. The van der Waals surface area contributed by atoms with Gasteiger partial charge in [-0.3, -0.25) is 0 Å². The molecule has 58 heavy (non-hydrogen) atoms. The Morgan fingerprint density at radius 2 is 1.02 bits per heavy atom. The van der Waals surface area contributed by atoms with E-state index in [0.717, 1.165) is 33.9 Å². The molecular weight excluding hydrogens is 703 g/mol. The van der Waals surface area contributed by atoms with Crippen LogP contribution in [0.3, 0.4) is 0 Å². The molecule has 0 saturated carbocycles. The number of ether oxygens (including phenoxy) is 1. The van der Waals surface area contributed by atoms with E-state index in [0.29, 0.717) is 0 Å².